The second kappa shape index (κ2) is 5.85. The Morgan fingerprint density at radius 2 is 2.36 bits per heavy atom. The Hall–Kier alpha value is -0.900. The topological polar surface area (TPSA) is 63.6 Å². The molecule has 11 heavy (non-hydrogen) atoms. The van der Waals surface area contributed by atoms with Gasteiger partial charge >= 0.3 is 5.97 Å². The summed E-state index contributed by atoms with van der Waals surface area (Å²) in [5.74, 6) is -0.471. The van der Waals surface area contributed by atoms with Gasteiger partial charge in [0.1, 0.15) is 6.29 Å². The molecule has 0 aliphatic rings. The maximum absolute atomic E-state index is 10.6. The molecule has 0 aromatic rings. The average Bonchev–Trinajstić information content (AvgIpc) is 1.87. The minimum absolute atomic E-state index is 0.0151. The number of esters is 1. The molecule has 64 valence electrons. The fraction of sp³-hybridized carbons (Fsp3) is 0.714. The summed E-state index contributed by atoms with van der Waals surface area (Å²) in [6.45, 7) is 1.98. The summed E-state index contributed by atoms with van der Waals surface area (Å²) in [6, 6.07) is 0. The molecule has 0 bridgehead atoms. The van der Waals surface area contributed by atoms with Crippen LogP contribution < -0.4 is 0 Å². The molecule has 1 atom stereocenters. The smallest absolute Gasteiger partial charge is 0.308 e. The summed E-state index contributed by atoms with van der Waals surface area (Å²) in [4.78, 5) is 20.5. The lowest BCUT2D eigenvalue weighted by Crippen LogP contribution is -2.15. The monoisotopic (exact) mass is 160 g/mol. The third-order valence-electron chi connectivity index (χ3n) is 1.08. The van der Waals surface area contributed by atoms with E-state index in [0.29, 0.717) is 12.9 Å². The fourth-order valence-corrected chi connectivity index (χ4v) is 0.607. The lowest BCUT2D eigenvalue weighted by atomic mass is 10.2. The van der Waals surface area contributed by atoms with Crippen molar-refractivity contribution in [1.29, 1.82) is 0 Å². The normalized spacial score (nSPS) is 12.2. The van der Waals surface area contributed by atoms with Gasteiger partial charge in [0.15, 0.2) is 0 Å². The highest BCUT2D eigenvalue weighted by molar-refractivity contribution is 5.70. The molecule has 0 saturated carbocycles. The summed E-state index contributed by atoms with van der Waals surface area (Å²) in [5, 5.41) is 8.91. The number of hydrogen-bond acceptors (Lipinski definition) is 4. The summed E-state index contributed by atoms with van der Waals surface area (Å²) in [5.41, 5.74) is 0. The molecule has 0 aliphatic heterocycles. The molecule has 0 spiro atoms. The fourth-order valence-electron chi connectivity index (χ4n) is 0.607. The summed E-state index contributed by atoms with van der Waals surface area (Å²) >= 11 is 0. The van der Waals surface area contributed by atoms with Crippen molar-refractivity contribution in [3.05, 3.63) is 0 Å². The van der Waals surface area contributed by atoms with Crippen LogP contribution in [0.4, 0.5) is 0 Å². The van der Waals surface area contributed by atoms with Gasteiger partial charge in [-0.25, -0.2) is 0 Å². The molecule has 0 heterocycles. The Balaban J connectivity index is 3.48. The zero-order valence-electron chi connectivity index (χ0n) is 6.45. The van der Waals surface area contributed by atoms with Crippen LogP contribution in [0.15, 0.2) is 0 Å². The molecule has 0 saturated heterocycles. The minimum Gasteiger partial charge on any atom is -0.466 e. The molecule has 1 N–H and O–H groups in total. The van der Waals surface area contributed by atoms with Crippen molar-refractivity contribution in [3.63, 3.8) is 0 Å². The van der Waals surface area contributed by atoms with E-state index in [-0.39, 0.29) is 12.8 Å². The highest BCUT2D eigenvalue weighted by atomic mass is 16.5. The number of hydrogen-bond donors (Lipinski definition) is 1. The first-order valence-electron chi connectivity index (χ1n) is 3.48. The van der Waals surface area contributed by atoms with Crippen LogP contribution in [0.5, 0.6) is 0 Å². The molecule has 0 fully saturated rings. The van der Waals surface area contributed by atoms with Gasteiger partial charge in [-0.05, 0) is 6.92 Å². The Labute approximate surface area is 65.2 Å². The van der Waals surface area contributed by atoms with E-state index in [2.05, 4.69) is 4.74 Å². The second-order valence-electron chi connectivity index (χ2n) is 2.07. The predicted octanol–water partition coefficient (Wildman–Crippen LogP) is -0.110. The zero-order chi connectivity index (χ0) is 8.69. The van der Waals surface area contributed by atoms with Crippen LogP contribution in [0, 0.1) is 0 Å². The van der Waals surface area contributed by atoms with Gasteiger partial charge in [-0.2, -0.15) is 0 Å². The van der Waals surface area contributed by atoms with E-state index in [0.717, 1.165) is 0 Å². The maximum Gasteiger partial charge on any atom is 0.308 e. The van der Waals surface area contributed by atoms with E-state index < -0.39 is 12.1 Å². The number of aliphatic hydroxyl groups excluding tert-OH is 1. The average molecular weight is 160 g/mol. The van der Waals surface area contributed by atoms with Crippen molar-refractivity contribution in [2.24, 2.45) is 0 Å². The van der Waals surface area contributed by atoms with Crippen molar-refractivity contribution in [1.82, 2.24) is 0 Å². The van der Waals surface area contributed by atoms with Crippen molar-refractivity contribution in [2.75, 3.05) is 6.61 Å². The van der Waals surface area contributed by atoms with E-state index in [9.17, 15) is 9.59 Å². The molecule has 0 aliphatic carbocycles. The van der Waals surface area contributed by atoms with Gasteiger partial charge < -0.3 is 14.6 Å². The molecule has 0 radical (unpaired) electrons. The number of ether oxygens (including phenoxy) is 1. The molecule has 4 nitrogen and oxygen atoms in total. The minimum atomic E-state index is -0.897. The van der Waals surface area contributed by atoms with Gasteiger partial charge in [0.2, 0.25) is 0 Å². The van der Waals surface area contributed by atoms with Gasteiger partial charge in [0, 0.05) is 6.42 Å². The van der Waals surface area contributed by atoms with Crippen LogP contribution in [0.1, 0.15) is 19.8 Å². The zero-order valence-corrected chi connectivity index (χ0v) is 6.45. The van der Waals surface area contributed by atoms with Gasteiger partial charge in [-0.1, -0.05) is 0 Å². The maximum atomic E-state index is 10.6. The van der Waals surface area contributed by atoms with Crippen molar-refractivity contribution in [2.45, 2.75) is 25.9 Å². The highest BCUT2D eigenvalue weighted by Gasteiger charge is 2.09. The largest absolute Gasteiger partial charge is 0.466 e. The van der Waals surface area contributed by atoms with E-state index >= 15 is 0 Å². The summed E-state index contributed by atoms with van der Waals surface area (Å²) in [7, 11) is 0. The standard InChI is InChI=1S/C7H12O4/c1-2-11-7(10)5-6(9)3-4-8/h4,6,9H,2-3,5H2,1H3. The molecule has 1 unspecified atom stereocenters. The summed E-state index contributed by atoms with van der Waals surface area (Å²) < 4.78 is 4.54. The number of aldehydes is 1. The van der Waals surface area contributed by atoms with Gasteiger partial charge in [-0.3, -0.25) is 4.79 Å². The van der Waals surface area contributed by atoms with Gasteiger partial charge in [0.05, 0.1) is 19.1 Å². The molecule has 0 aromatic carbocycles. The van der Waals surface area contributed by atoms with Crippen LogP contribution in [0.2, 0.25) is 0 Å². The van der Waals surface area contributed by atoms with E-state index in [1.165, 1.54) is 0 Å². The van der Waals surface area contributed by atoms with Crippen LogP contribution in [0.25, 0.3) is 0 Å². The van der Waals surface area contributed by atoms with Crippen LogP contribution in [0.3, 0.4) is 0 Å². The third-order valence-corrected chi connectivity index (χ3v) is 1.08. The Kier molecular flexibility index (Phi) is 5.37. The SMILES string of the molecule is CCOC(=O)CC(O)CC=O. The first-order chi connectivity index (χ1) is 5.20. The molecule has 0 rings (SSSR count). The molecular weight excluding hydrogens is 148 g/mol. The molecule has 0 aromatic heterocycles. The summed E-state index contributed by atoms with van der Waals surface area (Å²) in [6.07, 6.45) is -0.443. The number of carbonyl (C=O) groups is 2. The van der Waals surface area contributed by atoms with E-state index in [4.69, 9.17) is 5.11 Å². The van der Waals surface area contributed by atoms with E-state index in [1.54, 1.807) is 6.92 Å². The molecule has 4 heteroatoms. The third kappa shape index (κ3) is 5.54. The van der Waals surface area contributed by atoms with Crippen LogP contribution in [-0.2, 0) is 14.3 Å². The van der Waals surface area contributed by atoms with Crippen molar-refractivity contribution < 1.29 is 19.4 Å². The molecular formula is C7H12O4. The Morgan fingerprint density at radius 1 is 1.73 bits per heavy atom. The number of aliphatic hydroxyl groups is 1. The first kappa shape index (κ1) is 10.1. The van der Waals surface area contributed by atoms with Gasteiger partial charge in [-0.15, -0.1) is 0 Å². The number of carbonyl (C=O) groups excluding carboxylic acids is 2. The van der Waals surface area contributed by atoms with E-state index in [1.807, 2.05) is 0 Å². The number of rotatable bonds is 5. The lowest BCUT2D eigenvalue weighted by Gasteiger charge is -2.04. The molecule has 0 amide bonds. The Bertz CT molecular complexity index is 132. The van der Waals surface area contributed by atoms with Crippen LogP contribution in [-0.4, -0.2) is 30.1 Å². The highest BCUT2D eigenvalue weighted by Crippen LogP contribution is 1.97. The Morgan fingerprint density at radius 3 is 2.82 bits per heavy atom. The van der Waals surface area contributed by atoms with Crippen molar-refractivity contribution in [3.8, 4) is 0 Å². The van der Waals surface area contributed by atoms with Crippen LogP contribution >= 0.6 is 0 Å². The first-order valence-corrected chi connectivity index (χ1v) is 3.48. The lowest BCUT2D eigenvalue weighted by molar-refractivity contribution is -0.145. The van der Waals surface area contributed by atoms with Gasteiger partial charge in [0.25, 0.3) is 0 Å². The predicted molar refractivity (Wildman–Crippen MR) is 37.9 cm³/mol. The second-order valence-corrected chi connectivity index (χ2v) is 2.07. The van der Waals surface area contributed by atoms with Crippen molar-refractivity contribution >= 4 is 12.3 Å². The quantitative estimate of drug-likeness (QED) is 0.450.